The van der Waals surface area contributed by atoms with E-state index in [0.29, 0.717) is 17.2 Å². The highest BCUT2D eigenvalue weighted by molar-refractivity contribution is 7.88. The molecule has 0 aliphatic heterocycles. The molecule has 0 spiro atoms. The zero-order valence-corrected chi connectivity index (χ0v) is 12.6. The predicted molar refractivity (Wildman–Crippen MR) is 80.8 cm³/mol. The van der Waals surface area contributed by atoms with Crippen molar-refractivity contribution in [3.8, 4) is 0 Å². The second-order valence-corrected chi connectivity index (χ2v) is 7.89. The standard InChI is InChI=1S/C15H20N2O3S/c16-21(19,20)9-11-2-1-3-13(7-11)17-15(18)14-8-10-4-5-12(14)6-10/h1-3,7,10,12,14H,4-6,8-9H2,(H,17,18)(H2,16,19,20)/t10-,12-,14-/m0/s1. The number of sulfonamides is 1. The Balaban J connectivity index is 1.67. The number of benzene rings is 1. The molecule has 0 saturated heterocycles. The first kappa shape index (κ1) is 14.5. The molecule has 0 unspecified atom stereocenters. The Morgan fingerprint density at radius 3 is 2.71 bits per heavy atom. The molecule has 2 aliphatic carbocycles. The number of nitrogens with two attached hydrogens (primary N) is 1. The number of hydrogen-bond acceptors (Lipinski definition) is 3. The van der Waals surface area contributed by atoms with E-state index in [0.717, 1.165) is 18.8 Å². The lowest BCUT2D eigenvalue weighted by Crippen LogP contribution is -2.27. The minimum Gasteiger partial charge on any atom is -0.326 e. The molecule has 3 rings (SSSR count). The zero-order chi connectivity index (χ0) is 15.0. The fourth-order valence-electron chi connectivity index (χ4n) is 3.77. The Bertz CT molecular complexity index is 657. The molecule has 3 atom stereocenters. The minimum atomic E-state index is -3.56. The van der Waals surface area contributed by atoms with Crippen molar-refractivity contribution in [3.63, 3.8) is 0 Å². The third-order valence-electron chi connectivity index (χ3n) is 4.64. The van der Waals surface area contributed by atoms with E-state index in [1.54, 1.807) is 24.3 Å². The van der Waals surface area contributed by atoms with E-state index in [1.807, 2.05) is 0 Å². The van der Waals surface area contributed by atoms with Crippen molar-refractivity contribution >= 4 is 21.6 Å². The number of carbonyl (C=O) groups is 1. The molecule has 0 heterocycles. The average Bonchev–Trinajstić information content (AvgIpc) is 2.99. The van der Waals surface area contributed by atoms with Gasteiger partial charge in [0.25, 0.3) is 0 Å². The Hall–Kier alpha value is -1.40. The van der Waals surface area contributed by atoms with Gasteiger partial charge in [0.05, 0.1) is 5.75 Å². The molecule has 6 heteroatoms. The lowest BCUT2D eigenvalue weighted by atomic mass is 9.88. The summed E-state index contributed by atoms with van der Waals surface area (Å²) >= 11 is 0. The summed E-state index contributed by atoms with van der Waals surface area (Å²) in [7, 11) is -3.56. The molecule has 0 aromatic heterocycles. The van der Waals surface area contributed by atoms with Crippen LogP contribution in [0, 0.1) is 17.8 Å². The maximum atomic E-state index is 12.3. The number of fused-ring (bicyclic) bond motifs is 2. The molecule has 2 fully saturated rings. The number of carbonyl (C=O) groups excluding carboxylic acids is 1. The van der Waals surface area contributed by atoms with Crippen LogP contribution >= 0.6 is 0 Å². The Morgan fingerprint density at radius 1 is 1.29 bits per heavy atom. The summed E-state index contributed by atoms with van der Waals surface area (Å²) in [6, 6.07) is 6.88. The Labute approximate surface area is 125 Å². The van der Waals surface area contributed by atoms with Crippen LogP contribution in [0.1, 0.15) is 31.2 Å². The molecule has 2 aliphatic rings. The van der Waals surface area contributed by atoms with E-state index in [9.17, 15) is 13.2 Å². The number of nitrogens with one attached hydrogen (secondary N) is 1. The molecule has 3 N–H and O–H groups in total. The molecule has 0 radical (unpaired) electrons. The summed E-state index contributed by atoms with van der Waals surface area (Å²) in [6.45, 7) is 0. The van der Waals surface area contributed by atoms with Crippen molar-refractivity contribution in [3.05, 3.63) is 29.8 Å². The highest BCUT2D eigenvalue weighted by Gasteiger charge is 2.42. The first-order chi connectivity index (χ1) is 9.90. The second kappa shape index (κ2) is 5.42. The first-order valence-corrected chi connectivity index (χ1v) is 9.02. The lowest BCUT2D eigenvalue weighted by molar-refractivity contribution is -0.121. The van der Waals surface area contributed by atoms with Gasteiger partial charge in [-0.15, -0.1) is 0 Å². The third-order valence-corrected chi connectivity index (χ3v) is 5.37. The average molecular weight is 308 g/mol. The van der Waals surface area contributed by atoms with E-state index in [2.05, 4.69) is 5.32 Å². The number of anilines is 1. The van der Waals surface area contributed by atoms with Crippen molar-refractivity contribution < 1.29 is 13.2 Å². The first-order valence-electron chi connectivity index (χ1n) is 7.31. The summed E-state index contributed by atoms with van der Waals surface area (Å²) < 4.78 is 22.2. The van der Waals surface area contributed by atoms with E-state index in [-0.39, 0.29) is 17.6 Å². The van der Waals surface area contributed by atoms with E-state index < -0.39 is 10.0 Å². The molecule has 114 valence electrons. The number of amides is 1. The molecule has 2 bridgehead atoms. The van der Waals surface area contributed by atoms with Crippen LogP contribution in [0.25, 0.3) is 0 Å². The van der Waals surface area contributed by atoms with Crippen molar-refractivity contribution in [1.82, 2.24) is 0 Å². The smallest absolute Gasteiger partial charge is 0.227 e. The maximum absolute atomic E-state index is 12.3. The van der Waals surface area contributed by atoms with Gasteiger partial charge in [-0.2, -0.15) is 0 Å². The summed E-state index contributed by atoms with van der Waals surface area (Å²) in [5, 5.41) is 7.96. The molecule has 1 aromatic rings. The van der Waals surface area contributed by atoms with Gasteiger partial charge in [-0.3, -0.25) is 4.79 Å². The van der Waals surface area contributed by atoms with Gasteiger partial charge < -0.3 is 5.32 Å². The molecule has 2 saturated carbocycles. The van der Waals surface area contributed by atoms with Crippen LogP contribution in [0.15, 0.2) is 24.3 Å². The fourth-order valence-corrected chi connectivity index (χ4v) is 4.42. The van der Waals surface area contributed by atoms with Gasteiger partial charge in [0, 0.05) is 11.6 Å². The molecule has 5 nitrogen and oxygen atoms in total. The van der Waals surface area contributed by atoms with Gasteiger partial charge in [0.1, 0.15) is 0 Å². The summed E-state index contributed by atoms with van der Waals surface area (Å²) in [5.74, 6) is 1.22. The Kier molecular flexibility index (Phi) is 3.75. The van der Waals surface area contributed by atoms with E-state index in [1.165, 1.54) is 12.8 Å². The van der Waals surface area contributed by atoms with Gasteiger partial charge in [0.2, 0.25) is 15.9 Å². The summed E-state index contributed by atoms with van der Waals surface area (Å²) in [4.78, 5) is 12.3. The topological polar surface area (TPSA) is 89.3 Å². The van der Waals surface area contributed by atoms with Crippen LogP contribution in [-0.4, -0.2) is 14.3 Å². The fraction of sp³-hybridized carbons (Fsp3) is 0.533. The molecular weight excluding hydrogens is 288 g/mol. The van der Waals surface area contributed by atoms with Crippen molar-refractivity contribution in [2.45, 2.75) is 31.4 Å². The van der Waals surface area contributed by atoms with Crippen LogP contribution < -0.4 is 10.5 Å². The molecule has 1 aromatic carbocycles. The molecular formula is C15H20N2O3S. The summed E-state index contributed by atoms with van der Waals surface area (Å²) in [6.07, 6.45) is 4.60. The van der Waals surface area contributed by atoms with Crippen molar-refractivity contribution in [2.24, 2.45) is 22.9 Å². The second-order valence-electron chi connectivity index (χ2n) is 6.28. The van der Waals surface area contributed by atoms with Gasteiger partial charge in [0.15, 0.2) is 0 Å². The van der Waals surface area contributed by atoms with Gasteiger partial charge >= 0.3 is 0 Å². The monoisotopic (exact) mass is 308 g/mol. The highest BCUT2D eigenvalue weighted by atomic mass is 32.2. The Morgan fingerprint density at radius 2 is 2.10 bits per heavy atom. The zero-order valence-electron chi connectivity index (χ0n) is 11.8. The van der Waals surface area contributed by atoms with Crippen LogP contribution in [0.3, 0.4) is 0 Å². The van der Waals surface area contributed by atoms with Gasteiger partial charge in [-0.05, 0) is 48.8 Å². The van der Waals surface area contributed by atoms with Crippen LogP contribution in [0.4, 0.5) is 5.69 Å². The SMILES string of the molecule is NS(=O)(=O)Cc1cccc(NC(=O)[C@H]2C[C@H]3CC[C@H]2C3)c1. The van der Waals surface area contributed by atoms with E-state index >= 15 is 0 Å². The highest BCUT2D eigenvalue weighted by Crippen LogP contribution is 2.48. The molecule has 21 heavy (non-hydrogen) atoms. The normalized spacial score (nSPS) is 27.8. The van der Waals surface area contributed by atoms with Crippen LogP contribution in [0.5, 0.6) is 0 Å². The van der Waals surface area contributed by atoms with Gasteiger partial charge in [-0.1, -0.05) is 18.6 Å². The van der Waals surface area contributed by atoms with Crippen LogP contribution in [0.2, 0.25) is 0 Å². The molecule has 1 amide bonds. The number of hydrogen-bond donors (Lipinski definition) is 2. The van der Waals surface area contributed by atoms with Crippen LogP contribution in [-0.2, 0) is 20.6 Å². The maximum Gasteiger partial charge on any atom is 0.227 e. The quantitative estimate of drug-likeness (QED) is 0.889. The number of rotatable bonds is 4. The van der Waals surface area contributed by atoms with Gasteiger partial charge in [-0.25, -0.2) is 13.6 Å². The third kappa shape index (κ3) is 3.44. The summed E-state index contributed by atoms with van der Waals surface area (Å²) in [5.41, 5.74) is 1.23. The van der Waals surface area contributed by atoms with E-state index in [4.69, 9.17) is 5.14 Å². The number of primary sulfonamides is 1. The predicted octanol–water partition coefficient (Wildman–Crippen LogP) is 1.85. The lowest BCUT2D eigenvalue weighted by Gasteiger charge is -2.20. The largest absolute Gasteiger partial charge is 0.326 e. The minimum absolute atomic E-state index is 0.0648. The van der Waals surface area contributed by atoms with Crippen molar-refractivity contribution in [1.29, 1.82) is 0 Å². The van der Waals surface area contributed by atoms with Crippen molar-refractivity contribution in [2.75, 3.05) is 5.32 Å².